The van der Waals surface area contributed by atoms with Crippen molar-refractivity contribution in [2.75, 3.05) is 0 Å². The number of hydrogen-bond donors (Lipinski definition) is 1. The number of nitrogens with zero attached hydrogens (tertiary/aromatic N) is 2. The van der Waals surface area contributed by atoms with E-state index in [1.165, 1.54) is 18.2 Å². The van der Waals surface area contributed by atoms with Gasteiger partial charge in [0.2, 0.25) is 0 Å². The molecule has 2 aromatic rings. The predicted molar refractivity (Wildman–Crippen MR) is 66.7 cm³/mol. The lowest BCUT2D eigenvalue weighted by molar-refractivity contribution is -0.131. The molecule has 18 heavy (non-hydrogen) atoms. The van der Waals surface area contributed by atoms with E-state index in [0.29, 0.717) is 16.9 Å². The molecule has 0 aliphatic carbocycles. The molecule has 5 heteroatoms. The van der Waals surface area contributed by atoms with E-state index in [9.17, 15) is 9.18 Å². The van der Waals surface area contributed by atoms with Crippen molar-refractivity contribution in [3.05, 3.63) is 35.9 Å². The van der Waals surface area contributed by atoms with Crippen molar-refractivity contribution in [1.82, 2.24) is 9.55 Å². The Hall–Kier alpha value is -2.17. The normalized spacial score (nSPS) is 11.8. The number of carboxylic acid groups (broad SMARTS) is 1. The van der Waals surface area contributed by atoms with Gasteiger partial charge in [0.15, 0.2) is 0 Å². The van der Waals surface area contributed by atoms with Gasteiger partial charge in [-0.2, -0.15) is 0 Å². The second-order valence-electron chi connectivity index (χ2n) is 4.24. The van der Waals surface area contributed by atoms with Gasteiger partial charge in [-0.15, -0.1) is 0 Å². The molecule has 0 bridgehead atoms. The summed E-state index contributed by atoms with van der Waals surface area (Å²) in [5, 5.41) is 8.64. The molecule has 0 atom stereocenters. The number of aromatic nitrogens is 2. The van der Waals surface area contributed by atoms with Crippen LogP contribution in [-0.4, -0.2) is 20.6 Å². The van der Waals surface area contributed by atoms with Crippen LogP contribution in [0.25, 0.3) is 17.1 Å². The second kappa shape index (κ2) is 4.60. The molecule has 94 valence electrons. The van der Waals surface area contributed by atoms with Gasteiger partial charge in [0.05, 0.1) is 11.0 Å². The first-order valence-electron chi connectivity index (χ1n) is 5.57. The van der Waals surface area contributed by atoms with Crippen LogP contribution in [0.4, 0.5) is 4.39 Å². The fourth-order valence-corrected chi connectivity index (χ4v) is 1.89. The van der Waals surface area contributed by atoms with Crippen LogP contribution in [0.3, 0.4) is 0 Å². The Kier molecular flexibility index (Phi) is 3.14. The molecule has 0 spiro atoms. The summed E-state index contributed by atoms with van der Waals surface area (Å²) in [7, 11) is 0. The number of imidazole rings is 1. The Balaban J connectivity index is 2.65. The van der Waals surface area contributed by atoms with Crippen LogP contribution in [-0.2, 0) is 4.79 Å². The Labute approximate surface area is 103 Å². The predicted octanol–water partition coefficient (Wildman–Crippen LogP) is 2.85. The molecular weight excluding hydrogens is 235 g/mol. The number of carboxylic acids is 1. The lowest BCUT2D eigenvalue weighted by Crippen LogP contribution is -2.03. The summed E-state index contributed by atoms with van der Waals surface area (Å²) in [4.78, 5) is 14.8. The molecule has 2 rings (SSSR count). The van der Waals surface area contributed by atoms with E-state index in [0.717, 1.165) is 6.08 Å². The first-order chi connectivity index (χ1) is 8.49. The standard InChI is InChI=1S/C13H13FN2O2/c1-8(2)16-11-7-9(14)3-4-10(11)15-12(16)5-6-13(17)18/h3-8H,1-2H3,(H,17,18)/b6-5+. The molecule has 0 aliphatic heterocycles. The summed E-state index contributed by atoms with van der Waals surface area (Å²) in [5.74, 6) is -0.866. The minimum Gasteiger partial charge on any atom is -0.478 e. The van der Waals surface area contributed by atoms with Gasteiger partial charge in [0.25, 0.3) is 0 Å². The van der Waals surface area contributed by atoms with Crippen LogP contribution >= 0.6 is 0 Å². The lowest BCUT2D eigenvalue weighted by Gasteiger charge is -2.10. The maximum atomic E-state index is 13.3. The Morgan fingerprint density at radius 1 is 1.50 bits per heavy atom. The summed E-state index contributed by atoms with van der Waals surface area (Å²) in [6.45, 7) is 3.87. The van der Waals surface area contributed by atoms with Crippen LogP contribution in [0.1, 0.15) is 25.7 Å². The number of rotatable bonds is 3. The van der Waals surface area contributed by atoms with E-state index in [1.54, 1.807) is 10.6 Å². The third kappa shape index (κ3) is 2.25. The van der Waals surface area contributed by atoms with Crippen LogP contribution in [0.5, 0.6) is 0 Å². The number of benzene rings is 1. The van der Waals surface area contributed by atoms with E-state index in [4.69, 9.17) is 5.11 Å². The highest BCUT2D eigenvalue weighted by Crippen LogP contribution is 2.22. The van der Waals surface area contributed by atoms with Crippen molar-refractivity contribution in [3.63, 3.8) is 0 Å². The molecule has 1 N–H and O–H groups in total. The fourth-order valence-electron chi connectivity index (χ4n) is 1.89. The van der Waals surface area contributed by atoms with Gasteiger partial charge in [-0.1, -0.05) is 0 Å². The number of carbonyl (C=O) groups is 1. The summed E-state index contributed by atoms with van der Waals surface area (Å²) < 4.78 is 15.1. The van der Waals surface area contributed by atoms with Crippen molar-refractivity contribution in [3.8, 4) is 0 Å². The SMILES string of the molecule is CC(C)n1c(/C=C/C(=O)O)nc2ccc(F)cc21. The van der Waals surface area contributed by atoms with Gasteiger partial charge in [0, 0.05) is 12.1 Å². The molecule has 0 saturated heterocycles. The average molecular weight is 248 g/mol. The zero-order valence-electron chi connectivity index (χ0n) is 10.1. The van der Waals surface area contributed by atoms with Gasteiger partial charge in [-0.05, 0) is 38.1 Å². The third-order valence-electron chi connectivity index (χ3n) is 2.57. The first-order valence-corrected chi connectivity index (χ1v) is 5.57. The molecule has 1 heterocycles. The third-order valence-corrected chi connectivity index (χ3v) is 2.57. The zero-order chi connectivity index (χ0) is 13.3. The smallest absolute Gasteiger partial charge is 0.328 e. The van der Waals surface area contributed by atoms with E-state index < -0.39 is 5.97 Å². The van der Waals surface area contributed by atoms with Crippen molar-refractivity contribution in [2.24, 2.45) is 0 Å². The summed E-state index contributed by atoms with van der Waals surface area (Å²) in [5.41, 5.74) is 1.31. The maximum Gasteiger partial charge on any atom is 0.328 e. The van der Waals surface area contributed by atoms with Gasteiger partial charge >= 0.3 is 5.97 Å². The molecule has 0 fully saturated rings. The number of aliphatic carboxylic acids is 1. The Morgan fingerprint density at radius 2 is 2.22 bits per heavy atom. The van der Waals surface area contributed by atoms with Crippen molar-refractivity contribution < 1.29 is 14.3 Å². The molecule has 0 saturated carbocycles. The van der Waals surface area contributed by atoms with Crippen molar-refractivity contribution >= 4 is 23.1 Å². The largest absolute Gasteiger partial charge is 0.478 e. The van der Waals surface area contributed by atoms with E-state index in [-0.39, 0.29) is 11.9 Å². The average Bonchev–Trinajstić information content (AvgIpc) is 2.63. The molecule has 1 aromatic heterocycles. The van der Waals surface area contributed by atoms with Crippen molar-refractivity contribution in [1.29, 1.82) is 0 Å². The zero-order valence-corrected chi connectivity index (χ0v) is 10.1. The van der Waals surface area contributed by atoms with Crippen LogP contribution in [0.2, 0.25) is 0 Å². The topological polar surface area (TPSA) is 55.1 Å². The lowest BCUT2D eigenvalue weighted by atomic mass is 10.3. The van der Waals surface area contributed by atoms with E-state index in [2.05, 4.69) is 4.98 Å². The first kappa shape index (κ1) is 12.3. The maximum absolute atomic E-state index is 13.3. The number of halogens is 1. The highest BCUT2D eigenvalue weighted by molar-refractivity contribution is 5.86. The highest BCUT2D eigenvalue weighted by Gasteiger charge is 2.12. The second-order valence-corrected chi connectivity index (χ2v) is 4.24. The Morgan fingerprint density at radius 3 is 2.83 bits per heavy atom. The van der Waals surface area contributed by atoms with Gasteiger partial charge in [0.1, 0.15) is 11.6 Å². The minimum atomic E-state index is -1.04. The van der Waals surface area contributed by atoms with E-state index in [1.807, 2.05) is 13.8 Å². The number of fused-ring (bicyclic) bond motifs is 1. The monoisotopic (exact) mass is 248 g/mol. The molecule has 0 aliphatic rings. The number of hydrogen-bond acceptors (Lipinski definition) is 2. The molecule has 1 aromatic carbocycles. The summed E-state index contributed by atoms with van der Waals surface area (Å²) in [6, 6.07) is 4.39. The molecular formula is C13H13FN2O2. The Bertz CT molecular complexity index is 629. The molecule has 0 radical (unpaired) electrons. The van der Waals surface area contributed by atoms with Crippen molar-refractivity contribution in [2.45, 2.75) is 19.9 Å². The molecule has 0 amide bonds. The quantitative estimate of drug-likeness (QED) is 0.850. The fraction of sp³-hybridized carbons (Fsp3) is 0.231. The van der Waals surface area contributed by atoms with Crippen LogP contribution in [0.15, 0.2) is 24.3 Å². The van der Waals surface area contributed by atoms with Crippen LogP contribution < -0.4 is 0 Å². The molecule has 4 nitrogen and oxygen atoms in total. The van der Waals surface area contributed by atoms with Gasteiger partial charge < -0.3 is 9.67 Å². The minimum absolute atomic E-state index is 0.0604. The van der Waals surface area contributed by atoms with E-state index >= 15 is 0 Å². The van der Waals surface area contributed by atoms with Gasteiger partial charge in [-0.3, -0.25) is 0 Å². The summed E-state index contributed by atoms with van der Waals surface area (Å²) in [6.07, 6.45) is 2.44. The molecule has 0 unspecified atom stereocenters. The van der Waals surface area contributed by atoms with Gasteiger partial charge in [-0.25, -0.2) is 14.2 Å². The highest BCUT2D eigenvalue weighted by atomic mass is 19.1. The summed E-state index contributed by atoms with van der Waals surface area (Å²) >= 11 is 0. The van der Waals surface area contributed by atoms with Crippen LogP contribution in [0, 0.1) is 5.82 Å².